The van der Waals surface area contributed by atoms with E-state index in [1.54, 1.807) is 6.07 Å². The van der Waals surface area contributed by atoms with Gasteiger partial charge in [-0.3, -0.25) is 14.2 Å². The van der Waals surface area contributed by atoms with Crippen LogP contribution in [0.2, 0.25) is 0 Å². The van der Waals surface area contributed by atoms with Crippen LogP contribution in [0.1, 0.15) is 0 Å². The summed E-state index contributed by atoms with van der Waals surface area (Å²) in [5, 5.41) is 10.2. The Morgan fingerprint density at radius 2 is 2.12 bits per heavy atom. The molecule has 0 unspecified atom stereocenters. The van der Waals surface area contributed by atoms with E-state index in [0.29, 0.717) is 5.69 Å². The van der Waals surface area contributed by atoms with E-state index in [9.17, 15) is 14.0 Å². The van der Waals surface area contributed by atoms with Crippen molar-refractivity contribution in [1.29, 1.82) is 0 Å². The van der Waals surface area contributed by atoms with Gasteiger partial charge in [0, 0.05) is 10.9 Å². The first-order chi connectivity index (χ1) is 8.09. The van der Waals surface area contributed by atoms with Gasteiger partial charge in [0.1, 0.15) is 12.4 Å². The summed E-state index contributed by atoms with van der Waals surface area (Å²) in [6.07, 6.45) is 0. The van der Waals surface area contributed by atoms with Gasteiger partial charge >= 0.3 is 10.8 Å². The van der Waals surface area contributed by atoms with Gasteiger partial charge in [-0.25, -0.2) is 4.39 Å². The van der Waals surface area contributed by atoms with Crippen LogP contribution in [-0.4, -0.2) is 15.6 Å². The molecule has 1 heterocycles. The summed E-state index contributed by atoms with van der Waals surface area (Å²) in [6.45, 7) is -0.466. The van der Waals surface area contributed by atoms with E-state index in [0.717, 1.165) is 15.9 Å². The normalized spacial score (nSPS) is 10.4. The van der Waals surface area contributed by atoms with E-state index in [1.807, 2.05) is 0 Å². The third kappa shape index (κ3) is 2.26. The third-order valence-corrected chi connectivity index (χ3v) is 2.99. The van der Waals surface area contributed by atoms with Crippen molar-refractivity contribution >= 4 is 17.3 Å². The summed E-state index contributed by atoms with van der Waals surface area (Å²) >= 11 is 0.854. The van der Waals surface area contributed by atoms with Crippen LogP contribution in [0.3, 0.4) is 0 Å². The highest BCUT2D eigenvalue weighted by Gasteiger charge is 2.14. The minimum Gasteiger partial charge on any atom is -0.480 e. The quantitative estimate of drug-likeness (QED) is 0.907. The fourth-order valence-electron chi connectivity index (χ4n) is 1.49. The summed E-state index contributed by atoms with van der Waals surface area (Å²) in [4.78, 5) is 21.7. The summed E-state index contributed by atoms with van der Waals surface area (Å²) in [6, 6.07) is 5.94. The van der Waals surface area contributed by atoms with E-state index < -0.39 is 23.2 Å². The molecule has 0 aliphatic heterocycles. The first-order valence-electron chi connectivity index (χ1n) is 4.74. The Labute approximate surface area is 99.6 Å². The molecule has 1 N–H and O–H groups in total. The molecule has 0 radical (unpaired) electrons. The van der Waals surface area contributed by atoms with E-state index in [-0.39, 0.29) is 5.56 Å². The second kappa shape index (κ2) is 4.50. The van der Waals surface area contributed by atoms with Crippen LogP contribution >= 0.6 is 11.3 Å². The molecule has 2 rings (SSSR count). The SMILES string of the molecule is O=C(O)Cn1c(-c2ccccc2F)csc1=O. The Kier molecular flexibility index (Phi) is 3.06. The predicted octanol–water partition coefficient (Wildman–Crippen LogP) is 1.80. The average Bonchev–Trinajstić information content (AvgIpc) is 2.61. The van der Waals surface area contributed by atoms with Crippen molar-refractivity contribution in [3.05, 3.63) is 45.1 Å². The molecule has 0 saturated heterocycles. The Hall–Kier alpha value is -1.95. The van der Waals surface area contributed by atoms with Crippen molar-refractivity contribution in [2.45, 2.75) is 6.54 Å². The predicted molar refractivity (Wildman–Crippen MR) is 61.6 cm³/mol. The van der Waals surface area contributed by atoms with Crippen LogP contribution in [0.15, 0.2) is 34.4 Å². The molecular weight excluding hydrogens is 245 g/mol. The Bertz CT molecular complexity index is 617. The van der Waals surface area contributed by atoms with Crippen LogP contribution in [-0.2, 0) is 11.3 Å². The lowest BCUT2D eigenvalue weighted by atomic mass is 10.1. The zero-order valence-electron chi connectivity index (χ0n) is 8.59. The van der Waals surface area contributed by atoms with Crippen LogP contribution in [0.4, 0.5) is 4.39 Å². The second-order valence-corrected chi connectivity index (χ2v) is 4.17. The summed E-state index contributed by atoms with van der Waals surface area (Å²) in [5.74, 6) is -1.62. The van der Waals surface area contributed by atoms with Crippen molar-refractivity contribution in [3.8, 4) is 11.3 Å². The molecule has 0 atom stereocenters. The highest BCUT2D eigenvalue weighted by molar-refractivity contribution is 7.07. The van der Waals surface area contributed by atoms with Crippen molar-refractivity contribution in [3.63, 3.8) is 0 Å². The van der Waals surface area contributed by atoms with Gasteiger partial charge in [-0.05, 0) is 12.1 Å². The molecule has 0 saturated carbocycles. The maximum atomic E-state index is 13.5. The Balaban J connectivity index is 2.57. The highest BCUT2D eigenvalue weighted by Crippen LogP contribution is 2.22. The number of benzene rings is 1. The molecule has 0 bridgehead atoms. The number of halogens is 1. The highest BCUT2D eigenvalue weighted by atomic mass is 32.1. The van der Waals surface area contributed by atoms with Crippen molar-refractivity contribution in [2.75, 3.05) is 0 Å². The van der Waals surface area contributed by atoms with Gasteiger partial charge in [0.25, 0.3) is 0 Å². The Morgan fingerprint density at radius 1 is 1.41 bits per heavy atom. The molecule has 0 fully saturated rings. The lowest BCUT2D eigenvalue weighted by Gasteiger charge is -2.05. The zero-order valence-corrected chi connectivity index (χ0v) is 9.41. The van der Waals surface area contributed by atoms with Gasteiger partial charge in [-0.1, -0.05) is 23.5 Å². The van der Waals surface area contributed by atoms with Crippen LogP contribution in [0.25, 0.3) is 11.3 Å². The van der Waals surface area contributed by atoms with E-state index >= 15 is 0 Å². The van der Waals surface area contributed by atoms with Gasteiger partial charge < -0.3 is 5.11 Å². The number of carbonyl (C=O) groups is 1. The lowest BCUT2D eigenvalue weighted by Crippen LogP contribution is -2.19. The number of hydrogen-bond acceptors (Lipinski definition) is 3. The number of carboxylic acids is 1. The maximum absolute atomic E-state index is 13.5. The van der Waals surface area contributed by atoms with E-state index in [4.69, 9.17) is 5.11 Å². The fraction of sp³-hybridized carbons (Fsp3) is 0.0909. The number of rotatable bonds is 3. The molecule has 88 valence electrons. The number of nitrogens with zero attached hydrogens (tertiary/aromatic N) is 1. The topological polar surface area (TPSA) is 59.3 Å². The Morgan fingerprint density at radius 3 is 2.76 bits per heavy atom. The number of carboxylic acid groups (broad SMARTS) is 1. The molecule has 0 amide bonds. The molecule has 1 aromatic heterocycles. The maximum Gasteiger partial charge on any atom is 0.323 e. The molecule has 1 aromatic carbocycles. The average molecular weight is 253 g/mol. The minimum atomic E-state index is -1.14. The summed E-state index contributed by atoms with van der Waals surface area (Å²) < 4.78 is 14.6. The van der Waals surface area contributed by atoms with Gasteiger partial charge in [0.05, 0.1) is 5.69 Å². The van der Waals surface area contributed by atoms with Gasteiger partial charge in [-0.2, -0.15) is 0 Å². The molecule has 0 aliphatic carbocycles. The number of thiazole rings is 1. The minimum absolute atomic E-state index is 0.229. The van der Waals surface area contributed by atoms with Gasteiger partial charge in [-0.15, -0.1) is 0 Å². The molecule has 17 heavy (non-hydrogen) atoms. The zero-order chi connectivity index (χ0) is 12.4. The van der Waals surface area contributed by atoms with Gasteiger partial charge in [0.2, 0.25) is 0 Å². The standard InChI is InChI=1S/C11H8FNO3S/c12-8-4-2-1-3-7(8)9-6-17-11(16)13(9)5-10(14)15/h1-4,6H,5H2,(H,14,15). The first-order valence-corrected chi connectivity index (χ1v) is 5.62. The van der Waals surface area contributed by atoms with Crippen LogP contribution in [0.5, 0.6) is 0 Å². The fourth-order valence-corrected chi connectivity index (χ4v) is 2.25. The number of aromatic nitrogens is 1. The molecule has 4 nitrogen and oxygen atoms in total. The van der Waals surface area contributed by atoms with Crippen molar-refractivity contribution < 1.29 is 14.3 Å². The monoisotopic (exact) mass is 253 g/mol. The summed E-state index contributed by atoms with van der Waals surface area (Å²) in [7, 11) is 0. The smallest absolute Gasteiger partial charge is 0.323 e. The van der Waals surface area contributed by atoms with Crippen LogP contribution < -0.4 is 4.87 Å². The third-order valence-electron chi connectivity index (χ3n) is 2.23. The molecule has 6 heteroatoms. The lowest BCUT2D eigenvalue weighted by molar-refractivity contribution is -0.137. The number of aliphatic carboxylic acids is 1. The first kappa shape index (κ1) is 11.5. The van der Waals surface area contributed by atoms with Gasteiger partial charge in [0.15, 0.2) is 0 Å². The molecule has 0 aliphatic rings. The number of hydrogen-bond donors (Lipinski definition) is 1. The van der Waals surface area contributed by atoms with Crippen molar-refractivity contribution in [2.24, 2.45) is 0 Å². The molecule has 0 spiro atoms. The molecule has 2 aromatic rings. The van der Waals surface area contributed by atoms with E-state index in [2.05, 4.69) is 0 Å². The second-order valence-electron chi connectivity index (χ2n) is 3.35. The van der Waals surface area contributed by atoms with E-state index in [1.165, 1.54) is 23.6 Å². The molecular formula is C11H8FNO3S. The van der Waals surface area contributed by atoms with Crippen LogP contribution in [0, 0.1) is 5.82 Å². The largest absolute Gasteiger partial charge is 0.480 e. The summed E-state index contributed by atoms with van der Waals surface area (Å²) in [5.41, 5.74) is 0.521. The van der Waals surface area contributed by atoms with Crippen molar-refractivity contribution in [1.82, 2.24) is 4.57 Å².